The fourth-order valence-electron chi connectivity index (χ4n) is 4.09. The molecular weight excluding hydrogens is 424 g/mol. The molecule has 0 radical (unpaired) electrons. The molecule has 7 heteroatoms. The summed E-state index contributed by atoms with van der Waals surface area (Å²) >= 11 is 0. The number of nitrogens with zero attached hydrogens (tertiary/aromatic N) is 2. The lowest BCUT2D eigenvalue weighted by atomic mass is 10.0. The van der Waals surface area contributed by atoms with Crippen LogP contribution >= 0.6 is 12.4 Å². The van der Waals surface area contributed by atoms with Gasteiger partial charge < -0.3 is 15.2 Å². The van der Waals surface area contributed by atoms with Gasteiger partial charge in [-0.3, -0.25) is 4.79 Å². The molecule has 1 aromatic carbocycles. The largest absolute Gasteiger partial charge is 0.346 e. The van der Waals surface area contributed by atoms with Gasteiger partial charge in [0.15, 0.2) is 0 Å². The van der Waals surface area contributed by atoms with Crippen LogP contribution in [0.2, 0.25) is 0 Å². The number of rotatable bonds is 13. The van der Waals surface area contributed by atoms with E-state index in [9.17, 15) is 4.79 Å². The number of benzene rings is 1. The van der Waals surface area contributed by atoms with E-state index >= 15 is 0 Å². The second kappa shape index (κ2) is 15.0. The number of nitrogens with one attached hydrogen (secondary N) is 2. The number of aromatic nitrogens is 2. The number of amides is 1. The number of unbranched alkanes of at least 4 members (excludes halogenated alkanes) is 7. The first kappa shape index (κ1) is 26.3. The molecule has 1 aromatic heterocycles. The van der Waals surface area contributed by atoms with E-state index in [2.05, 4.69) is 52.0 Å². The molecule has 2 N–H and O–H groups in total. The average molecular weight is 463 g/mol. The average Bonchev–Trinajstić information content (AvgIpc) is 3.29. The van der Waals surface area contributed by atoms with E-state index in [0.717, 1.165) is 37.8 Å². The minimum Gasteiger partial charge on any atom is -0.346 e. The molecule has 0 bridgehead atoms. The van der Waals surface area contributed by atoms with Crippen LogP contribution in [0.15, 0.2) is 28.8 Å². The normalized spacial score (nSPS) is 15.8. The Morgan fingerprint density at radius 3 is 2.47 bits per heavy atom. The van der Waals surface area contributed by atoms with Crippen LogP contribution in [-0.2, 0) is 17.8 Å². The van der Waals surface area contributed by atoms with Crippen LogP contribution in [0.5, 0.6) is 0 Å². The molecule has 1 saturated heterocycles. The highest BCUT2D eigenvalue weighted by Crippen LogP contribution is 2.18. The summed E-state index contributed by atoms with van der Waals surface area (Å²) in [6, 6.07) is 8.31. The third-order valence-electron chi connectivity index (χ3n) is 6.04. The van der Waals surface area contributed by atoms with E-state index in [-0.39, 0.29) is 30.9 Å². The molecule has 1 aliphatic heterocycles. The summed E-state index contributed by atoms with van der Waals surface area (Å²) in [7, 11) is 0. The Labute approximate surface area is 198 Å². The summed E-state index contributed by atoms with van der Waals surface area (Å²) < 4.78 is 5.32. The third-order valence-corrected chi connectivity index (χ3v) is 6.04. The van der Waals surface area contributed by atoms with Gasteiger partial charge in [-0.2, -0.15) is 4.98 Å². The number of carbonyl (C=O) groups is 1. The Hall–Kier alpha value is -1.92. The lowest BCUT2D eigenvalue weighted by Gasteiger charge is -2.22. The monoisotopic (exact) mass is 462 g/mol. The number of hydrogen-bond donors (Lipinski definition) is 2. The molecular formula is C25H39ClN4O2. The maximum absolute atomic E-state index is 12.2. The van der Waals surface area contributed by atoms with Crippen molar-refractivity contribution in [2.24, 2.45) is 0 Å². The molecule has 1 fully saturated rings. The molecule has 1 amide bonds. The van der Waals surface area contributed by atoms with Gasteiger partial charge >= 0.3 is 0 Å². The number of halogens is 1. The Balaban J connectivity index is 0.00000363. The highest BCUT2D eigenvalue weighted by Gasteiger charge is 2.20. The Kier molecular flexibility index (Phi) is 12.4. The maximum atomic E-state index is 12.2. The van der Waals surface area contributed by atoms with Crippen molar-refractivity contribution in [3.05, 3.63) is 35.7 Å². The van der Waals surface area contributed by atoms with Gasteiger partial charge in [-0.05, 0) is 37.8 Å². The van der Waals surface area contributed by atoms with Crippen molar-refractivity contribution < 1.29 is 9.32 Å². The molecule has 3 rings (SSSR count). The summed E-state index contributed by atoms with van der Waals surface area (Å²) in [5, 5.41) is 10.2. The quantitative estimate of drug-likeness (QED) is 0.379. The predicted octanol–water partition coefficient (Wildman–Crippen LogP) is 5.60. The van der Waals surface area contributed by atoms with Gasteiger partial charge in [-0.15, -0.1) is 12.4 Å². The summed E-state index contributed by atoms with van der Waals surface area (Å²) in [6.45, 7) is 3.43. The summed E-state index contributed by atoms with van der Waals surface area (Å²) in [6.07, 6.45) is 15.0. The fourth-order valence-corrected chi connectivity index (χ4v) is 4.09. The standard InChI is InChI=1S/C25H38N4O2.ClH/c1-2-3-4-5-6-7-8-9-12-20-14-16-21(17-15-20)24-28-23(31-29-24)19-27-25(30)22-13-10-11-18-26-22;/h14-17,22,26H,2-13,18-19H2,1H3,(H,27,30);1H/t22-;/m0./s1. The zero-order valence-electron chi connectivity index (χ0n) is 19.4. The van der Waals surface area contributed by atoms with Gasteiger partial charge in [0.2, 0.25) is 17.6 Å². The van der Waals surface area contributed by atoms with E-state index in [1.54, 1.807) is 0 Å². The van der Waals surface area contributed by atoms with Crippen LogP contribution < -0.4 is 10.6 Å². The molecule has 0 saturated carbocycles. The van der Waals surface area contributed by atoms with Gasteiger partial charge in [0.1, 0.15) is 0 Å². The van der Waals surface area contributed by atoms with Crippen LogP contribution in [0.4, 0.5) is 0 Å². The van der Waals surface area contributed by atoms with Gasteiger partial charge in [0, 0.05) is 5.56 Å². The van der Waals surface area contributed by atoms with Crippen LogP contribution in [-0.4, -0.2) is 28.6 Å². The van der Waals surface area contributed by atoms with Gasteiger partial charge in [-0.25, -0.2) is 0 Å². The molecule has 0 spiro atoms. The second-order valence-corrected chi connectivity index (χ2v) is 8.65. The third kappa shape index (κ3) is 8.91. The van der Waals surface area contributed by atoms with Gasteiger partial charge in [-0.1, -0.05) is 87.7 Å². The van der Waals surface area contributed by atoms with E-state index < -0.39 is 0 Å². The molecule has 32 heavy (non-hydrogen) atoms. The summed E-state index contributed by atoms with van der Waals surface area (Å²) in [5.74, 6) is 1.01. The molecule has 0 aliphatic carbocycles. The van der Waals surface area contributed by atoms with Crippen molar-refractivity contribution in [3.8, 4) is 11.4 Å². The molecule has 178 valence electrons. The van der Waals surface area contributed by atoms with Crippen LogP contribution in [0.3, 0.4) is 0 Å². The van der Waals surface area contributed by atoms with Crippen molar-refractivity contribution >= 4 is 18.3 Å². The van der Waals surface area contributed by atoms with E-state index in [1.807, 2.05) is 0 Å². The van der Waals surface area contributed by atoms with Gasteiger partial charge in [0.25, 0.3) is 0 Å². The first-order valence-corrected chi connectivity index (χ1v) is 12.2. The van der Waals surface area contributed by atoms with Crippen molar-refractivity contribution in [2.45, 2.75) is 96.6 Å². The molecule has 1 atom stereocenters. The smallest absolute Gasteiger partial charge is 0.246 e. The summed E-state index contributed by atoms with van der Waals surface area (Å²) in [5.41, 5.74) is 2.29. The second-order valence-electron chi connectivity index (χ2n) is 8.65. The van der Waals surface area contributed by atoms with Crippen molar-refractivity contribution in [2.75, 3.05) is 6.54 Å². The number of carbonyl (C=O) groups excluding carboxylic acids is 1. The summed E-state index contributed by atoms with van der Waals surface area (Å²) in [4.78, 5) is 16.6. The van der Waals surface area contributed by atoms with E-state index in [0.29, 0.717) is 11.7 Å². The topological polar surface area (TPSA) is 80.0 Å². The van der Waals surface area contributed by atoms with E-state index in [1.165, 1.54) is 56.9 Å². The zero-order chi connectivity index (χ0) is 21.7. The maximum Gasteiger partial charge on any atom is 0.246 e. The van der Waals surface area contributed by atoms with Gasteiger partial charge in [0.05, 0.1) is 12.6 Å². The van der Waals surface area contributed by atoms with Crippen LogP contribution in [0.25, 0.3) is 11.4 Å². The lowest BCUT2D eigenvalue weighted by Crippen LogP contribution is -2.46. The van der Waals surface area contributed by atoms with Crippen LogP contribution in [0, 0.1) is 0 Å². The molecule has 2 aromatic rings. The number of aryl methyl sites for hydroxylation is 1. The SMILES string of the molecule is CCCCCCCCCCc1ccc(-c2noc(CNC(=O)[C@@H]3CCCCN3)n2)cc1.Cl. The Morgan fingerprint density at radius 1 is 1.06 bits per heavy atom. The molecule has 0 unspecified atom stereocenters. The molecule has 6 nitrogen and oxygen atoms in total. The van der Waals surface area contributed by atoms with Crippen LogP contribution in [0.1, 0.15) is 89.0 Å². The number of piperidine rings is 1. The zero-order valence-corrected chi connectivity index (χ0v) is 20.2. The fraction of sp³-hybridized carbons (Fsp3) is 0.640. The molecule has 2 heterocycles. The highest BCUT2D eigenvalue weighted by molar-refractivity contribution is 5.85. The minimum absolute atomic E-state index is 0. The predicted molar refractivity (Wildman–Crippen MR) is 131 cm³/mol. The van der Waals surface area contributed by atoms with E-state index in [4.69, 9.17) is 4.52 Å². The first-order chi connectivity index (χ1) is 15.3. The van der Waals surface area contributed by atoms with Crippen molar-refractivity contribution in [1.29, 1.82) is 0 Å². The first-order valence-electron chi connectivity index (χ1n) is 12.2. The minimum atomic E-state index is -0.107. The highest BCUT2D eigenvalue weighted by atomic mass is 35.5. The molecule has 1 aliphatic rings. The Bertz CT molecular complexity index is 773. The lowest BCUT2D eigenvalue weighted by molar-refractivity contribution is -0.123. The van der Waals surface area contributed by atoms with Crippen molar-refractivity contribution in [3.63, 3.8) is 0 Å². The Morgan fingerprint density at radius 2 is 1.78 bits per heavy atom. The number of hydrogen-bond acceptors (Lipinski definition) is 5. The van der Waals surface area contributed by atoms with Crippen molar-refractivity contribution in [1.82, 2.24) is 20.8 Å².